The van der Waals surface area contributed by atoms with Crippen molar-refractivity contribution in [2.24, 2.45) is 11.1 Å². The molecule has 0 spiro atoms. The van der Waals surface area contributed by atoms with E-state index in [1.165, 1.54) is 31.7 Å². The van der Waals surface area contributed by atoms with Crippen molar-refractivity contribution >= 4 is 11.8 Å². The summed E-state index contributed by atoms with van der Waals surface area (Å²) in [5.41, 5.74) is 6.34. The van der Waals surface area contributed by atoms with Gasteiger partial charge in [0.25, 0.3) is 0 Å². The molecule has 1 aliphatic heterocycles. The van der Waals surface area contributed by atoms with Gasteiger partial charge in [0.2, 0.25) is 0 Å². The molecule has 3 heteroatoms. The Morgan fingerprint density at radius 2 is 2.14 bits per heavy atom. The fourth-order valence-electron chi connectivity index (χ4n) is 2.25. The third-order valence-electron chi connectivity index (χ3n) is 3.94. The Morgan fingerprint density at radius 3 is 2.71 bits per heavy atom. The van der Waals surface area contributed by atoms with Gasteiger partial charge in [-0.2, -0.15) is 11.8 Å². The number of rotatable bonds is 3. The van der Waals surface area contributed by atoms with Crippen molar-refractivity contribution in [1.29, 1.82) is 0 Å². The lowest BCUT2D eigenvalue weighted by Crippen LogP contribution is -2.48. The Morgan fingerprint density at radius 1 is 1.43 bits per heavy atom. The topological polar surface area (TPSA) is 29.3 Å². The minimum absolute atomic E-state index is 0.510. The maximum Gasteiger partial charge on any atom is 0.0184 e. The first-order valence-electron chi connectivity index (χ1n) is 5.73. The largest absolute Gasteiger partial charge is 0.330 e. The van der Waals surface area contributed by atoms with Crippen LogP contribution in [0, 0.1) is 5.41 Å². The highest BCUT2D eigenvalue weighted by Crippen LogP contribution is 2.46. The number of thioether (sulfide) groups is 1. The van der Waals surface area contributed by atoms with Crippen LogP contribution in [0.5, 0.6) is 0 Å². The third-order valence-corrected chi connectivity index (χ3v) is 5.28. The summed E-state index contributed by atoms with van der Waals surface area (Å²) in [5.74, 6) is 1.30. The maximum absolute atomic E-state index is 5.83. The minimum atomic E-state index is 0.510. The van der Waals surface area contributed by atoms with Gasteiger partial charge in [0, 0.05) is 30.1 Å². The van der Waals surface area contributed by atoms with Gasteiger partial charge in [-0.05, 0) is 31.7 Å². The molecule has 0 amide bonds. The molecule has 2 atom stereocenters. The first-order valence-corrected chi connectivity index (χ1v) is 6.77. The quantitative estimate of drug-likeness (QED) is 0.773. The molecular formula is C11H22N2S. The summed E-state index contributed by atoms with van der Waals surface area (Å²) in [6.45, 7) is 8.11. The van der Waals surface area contributed by atoms with E-state index in [2.05, 4.69) is 30.5 Å². The van der Waals surface area contributed by atoms with E-state index >= 15 is 0 Å². The van der Waals surface area contributed by atoms with Crippen molar-refractivity contribution in [3.63, 3.8) is 0 Å². The Kier molecular flexibility index (Phi) is 3.10. The lowest BCUT2D eigenvalue weighted by molar-refractivity contribution is 0.173. The van der Waals surface area contributed by atoms with E-state index in [0.29, 0.717) is 5.41 Å². The van der Waals surface area contributed by atoms with E-state index in [-0.39, 0.29) is 0 Å². The van der Waals surface area contributed by atoms with Crippen molar-refractivity contribution in [3.8, 4) is 0 Å². The van der Waals surface area contributed by atoms with E-state index in [1.807, 2.05) is 0 Å². The lowest BCUT2D eigenvalue weighted by atomic mass is 10.1. The Bertz CT molecular complexity index is 203. The van der Waals surface area contributed by atoms with Gasteiger partial charge in [-0.3, -0.25) is 4.90 Å². The zero-order valence-corrected chi connectivity index (χ0v) is 10.1. The fourth-order valence-corrected chi connectivity index (χ4v) is 3.42. The molecule has 1 aliphatic carbocycles. The highest BCUT2D eigenvalue weighted by atomic mass is 32.2. The van der Waals surface area contributed by atoms with Crippen LogP contribution in [-0.2, 0) is 0 Å². The Balaban J connectivity index is 1.90. The summed E-state index contributed by atoms with van der Waals surface area (Å²) in [4.78, 5) is 2.65. The van der Waals surface area contributed by atoms with Crippen LogP contribution in [-0.4, -0.2) is 41.6 Å². The fraction of sp³-hybridized carbons (Fsp3) is 1.00. The molecule has 2 fully saturated rings. The van der Waals surface area contributed by atoms with E-state index in [1.54, 1.807) is 0 Å². The summed E-state index contributed by atoms with van der Waals surface area (Å²) >= 11 is 2.11. The Labute approximate surface area is 91.6 Å². The predicted octanol–water partition coefficient (Wildman–Crippen LogP) is 1.55. The zero-order valence-electron chi connectivity index (χ0n) is 9.33. The molecule has 2 N–H and O–H groups in total. The second kappa shape index (κ2) is 4.03. The lowest BCUT2D eigenvalue weighted by Gasteiger charge is -2.39. The SMILES string of the molecule is CC1SCCN(CC2(CN)CC2)C1C. The van der Waals surface area contributed by atoms with Crippen molar-refractivity contribution in [3.05, 3.63) is 0 Å². The summed E-state index contributed by atoms with van der Waals surface area (Å²) < 4.78 is 0. The molecule has 0 radical (unpaired) electrons. The van der Waals surface area contributed by atoms with Crippen molar-refractivity contribution in [2.75, 3.05) is 25.4 Å². The van der Waals surface area contributed by atoms with Gasteiger partial charge in [-0.25, -0.2) is 0 Å². The van der Waals surface area contributed by atoms with Crippen LogP contribution < -0.4 is 5.73 Å². The van der Waals surface area contributed by atoms with Gasteiger partial charge in [0.1, 0.15) is 0 Å². The maximum atomic E-state index is 5.83. The van der Waals surface area contributed by atoms with Gasteiger partial charge >= 0.3 is 0 Å². The predicted molar refractivity (Wildman–Crippen MR) is 63.7 cm³/mol. The average Bonchev–Trinajstić information content (AvgIpc) is 2.94. The van der Waals surface area contributed by atoms with Crippen molar-refractivity contribution in [1.82, 2.24) is 4.90 Å². The van der Waals surface area contributed by atoms with Gasteiger partial charge in [0.15, 0.2) is 0 Å². The number of nitrogens with zero attached hydrogens (tertiary/aromatic N) is 1. The van der Waals surface area contributed by atoms with E-state index in [0.717, 1.165) is 17.8 Å². The molecule has 82 valence electrons. The van der Waals surface area contributed by atoms with Crippen LogP contribution in [0.3, 0.4) is 0 Å². The molecule has 1 saturated carbocycles. The number of nitrogens with two attached hydrogens (primary N) is 1. The molecule has 0 aromatic carbocycles. The molecule has 0 aromatic heterocycles. The zero-order chi connectivity index (χ0) is 10.2. The third kappa shape index (κ3) is 2.10. The molecule has 2 aliphatic rings. The van der Waals surface area contributed by atoms with Gasteiger partial charge in [0.05, 0.1) is 0 Å². The smallest absolute Gasteiger partial charge is 0.0184 e. The van der Waals surface area contributed by atoms with Crippen LogP contribution in [0.1, 0.15) is 26.7 Å². The van der Waals surface area contributed by atoms with E-state index in [9.17, 15) is 0 Å². The first kappa shape index (κ1) is 10.8. The molecule has 1 saturated heterocycles. The average molecular weight is 214 g/mol. The van der Waals surface area contributed by atoms with Crippen LogP contribution in [0.2, 0.25) is 0 Å². The Hall–Kier alpha value is 0.270. The highest BCUT2D eigenvalue weighted by Gasteiger charge is 2.43. The summed E-state index contributed by atoms with van der Waals surface area (Å²) in [6, 6.07) is 0.734. The van der Waals surface area contributed by atoms with E-state index < -0.39 is 0 Å². The molecule has 0 aromatic rings. The second-order valence-corrected chi connectivity index (χ2v) is 6.48. The standard InChI is InChI=1S/C11H22N2S/c1-9-10(2)14-6-5-13(9)8-11(7-12)3-4-11/h9-10H,3-8,12H2,1-2H3. The number of hydrogen-bond acceptors (Lipinski definition) is 3. The van der Waals surface area contributed by atoms with Crippen molar-refractivity contribution in [2.45, 2.75) is 38.0 Å². The molecular weight excluding hydrogens is 192 g/mol. The van der Waals surface area contributed by atoms with Crippen LogP contribution in [0.15, 0.2) is 0 Å². The van der Waals surface area contributed by atoms with E-state index in [4.69, 9.17) is 5.73 Å². The molecule has 2 nitrogen and oxygen atoms in total. The van der Waals surface area contributed by atoms with Gasteiger partial charge in [-0.1, -0.05) is 6.92 Å². The van der Waals surface area contributed by atoms with Crippen LogP contribution in [0.25, 0.3) is 0 Å². The number of hydrogen-bond donors (Lipinski definition) is 1. The van der Waals surface area contributed by atoms with Gasteiger partial charge < -0.3 is 5.73 Å². The minimum Gasteiger partial charge on any atom is -0.330 e. The highest BCUT2D eigenvalue weighted by molar-refractivity contribution is 8.00. The summed E-state index contributed by atoms with van der Waals surface area (Å²) in [7, 11) is 0. The van der Waals surface area contributed by atoms with Gasteiger partial charge in [-0.15, -0.1) is 0 Å². The molecule has 2 rings (SSSR count). The van der Waals surface area contributed by atoms with Crippen LogP contribution >= 0.6 is 11.8 Å². The monoisotopic (exact) mass is 214 g/mol. The molecule has 2 unspecified atom stereocenters. The summed E-state index contributed by atoms with van der Waals surface area (Å²) in [6.07, 6.45) is 2.71. The van der Waals surface area contributed by atoms with Crippen molar-refractivity contribution < 1.29 is 0 Å². The summed E-state index contributed by atoms with van der Waals surface area (Å²) in [5, 5.41) is 0.789. The first-order chi connectivity index (χ1) is 6.67. The molecule has 14 heavy (non-hydrogen) atoms. The molecule has 0 bridgehead atoms. The normalized spacial score (nSPS) is 37.1. The second-order valence-electron chi connectivity index (χ2n) is 4.99. The van der Waals surface area contributed by atoms with Crippen LogP contribution in [0.4, 0.5) is 0 Å². The molecule has 1 heterocycles.